The highest BCUT2D eigenvalue weighted by atomic mass is 32.1. The summed E-state index contributed by atoms with van der Waals surface area (Å²) >= 11 is 1.42. The van der Waals surface area contributed by atoms with Crippen LogP contribution in [0.2, 0.25) is 0 Å². The molecular formula is C15H16N4O2S. The number of amides is 1. The lowest BCUT2D eigenvalue weighted by Gasteiger charge is -2.06. The summed E-state index contributed by atoms with van der Waals surface area (Å²) in [4.78, 5) is 21.9. The molecule has 3 rings (SSSR count). The van der Waals surface area contributed by atoms with Crippen molar-refractivity contribution in [2.45, 2.75) is 26.7 Å². The first kappa shape index (κ1) is 14.6. The van der Waals surface area contributed by atoms with Gasteiger partial charge in [-0.2, -0.15) is 4.99 Å². The van der Waals surface area contributed by atoms with Crippen LogP contribution in [0.4, 0.5) is 0 Å². The maximum atomic E-state index is 12.6. The van der Waals surface area contributed by atoms with Gasteiger partial charge in [0.15, 0.2) is 4.80 Å². The van der Waals surface area contributed by atoms with E-state index in [0.29, 0.717) is 27.2 Å². The molecule has 0 saturated heterocycles. The predicted molar refractivity (Wildman–Crippen MR) is 83.8 cm³/mol. The third-order valence-electron chi connectivity index (χ3n) is 3.42. The zero-order valence-corrected chi connectivity index (χ0v) is 13.6. The molecule has 3 aromatic rings. The van der Waals surface area contributed by atoms with E-state index in [4.69, 9.17) is 4.52 Å². The van der Waals surface area contributed by atoms with Crippen molar-refractivity contribution in [1.82, 2.24) is 14.7 Å². The first-order valence-electron chi connectivity index (χ1n) is 6.93. The molecule has 0 aliphatic rings. The minimum absolute atomic E-state index is 0.180. The van der Waals surface area contributed by atoms with Crippen LogP contribution in [0.15, 0.2) is 27.2 Å². The average Bonchev–Trinajstić information content (AvgIpc) is 3.05. The smallest absolute Gasteiger partial charge is 0.280 e. The number of pyridine rings is 1. The predicted octanol–water partition coefficient (Wildman–Crippen LogP) is 2.80. The molecule has 0 aliphatic heterocycles. The fourth-order valence-electron chi connectivity index (χ4n) is 2.16. The van der Waals surface area contributed by atoms with Crippen LogP contribution < -0.4 is 4.80 Å². The zero-order chi connectivity index (χ0) is 15.9. The number of thiazole rings is 1. The van der Waals surface area contributed by atoms with Gasteiger partial charge in [0.1, 0.15) is 0 Å². The Labute approximate surface area is 131 Å². The molecule has 22 heavy (non-hydrogen) atoms. The minimum Gasteiger partial charge on any atom is -0.336 e. The van der Waals surface area contributed by atoms with Crippen LogP contribution in [0.3, 0.4) is 0 Å². The second-order valence-corrected chi connectivity index (χ2v) is 6.28. The van der Waals surface area contributed by atoms with E-state index in [9.17, 15) is 4.79 Å². The zero-order valence-electron chi connectivity index (χ0n) is 12.8. The summed E-state index contributed by atoms with van der Waals surface area (Å²) in [5, 5.41) is 6.44. The van der Waals surface area contributed by atoms with E-state index in [-0.39, 0.29) is 11.8 Å². The topological polar surface area (TPSA) is 73.3 Å². The quantitative estimate of drug-likeness (QED) is 0.728. The summed E-state index contributed by atoms with van der Waals surface area (Å²) in [6, 6.07) is 1.79. The van der Waals surface area contributed by atoms with Crippen molar-refractivity contribution in [3.05, 3.63) is 39.4 Å². The van der Waals surface area contributed by atoms with Gasteiger partial charge in [0, 0.05) is 24.3 Å². The Kier molecular flexibility index (Phi) is 3.66. The standard InChI is InChI=1S/C15H16N4O2S/c1-8(2)11-7-10(12-9(3)18-21-14(12)16-11)13(20)17-15-19(4)5-6-22-15/h5-8H,1-4H3. The van der Waals surface area contributed by atoms with Gasteiger partial charge in [-0.05, 0) is 18.9 Å². The van der Waals surface area contributed by atoms with E-state index in [1.807, 2.05) is 37.0 Å². The fraction of sp³-hybridized carbons (Fsp3) is 0.333. The summed E-state index contributed by atoms with van der Waals surface area (Å²) in [7, 11) is 1.86. The lowest BCUT2D eigenvalue weighted by atomic mass is 10.0. The van der Waals surface area contributed by atoms with Crippen molar-refractivity contribution in [2.24, 2.45) is 12.0 Å². The number of carbonyl (C=O) groups is 1. The van der Waals surface area contributed by atoms with Gasteiger partial charge < -0.3 is 9.09 Å². The first-order chi connectivity index (χ1) is 10.5. The minimum atomic E-state index is -0.307. The summed E-state index contributed by atoms with van der Waals surface area (Å²) in [6.45, 7) is 5.83. The van der Waals surface area contributed by atoms with Crippen LogP contribution >= 0.6 is 11.3 Å². The molecular weight excluding hydrogens is 300 g/mol. The van der Waals surface area contributed by atoms with Gasteiger partial charge in [0.05, 0.1) is 16.6 Å². The normalized spacial score (nSPS) is 12.5. The Bertz CT molecular complexity index is 917. The molecule has 1 amide bonds. The summed E-state index contributed by atoms with van der Waals surface area (Å²) in [5.41, 5.74) is 2.31. The van der Waals surface area contributed by atoms with Crippen LogP contribution in [0, 0.1) is 6.92 Å². The van der Waals surface area contributed by atoms with E-state index >= 15 is 0 Å². The van der Waals surface area contributed by atoms with Crippen LogP contribution in [0.5, 0.6) is 0 Å². The number of fused-ring (bicyclic) bond motifs is 1. The first-order valence-corrected chi connectivity index (χ1v) is 7.81. The van der Waals surface area contributed by atoms with E-state index in [1.165, 1.54) is 11.3 Å². The molecule has 0 N–H and O–H groups in total. The number of aryl methyl sites for hydroxylation is 2. The molecule has 0 saturated carbocycles. The van der Waals surface area contributed by atoms with Crippen LogP contribution in [-0.4, -0.2) is 20.6 Å². The van der Waals surface area contributed by atoms with Gasteiger partial charge in [-0.1, -0.05) is 19.0 Å². The van der Waals surface area contributed by atoms with Crippen molar-refractivity contribution < 1.29 is 9.32 Å². The number of aromatic nitrogens is 3. The van der Waals surface area contributed by atoms with Crippen molar-refractivity contribution in [1.29, 1.82) is 0 Å². The van der Waals surface area contributed by atoms with E-state index in [2.05, 4.69) is 15.1 Å². The largest absolute Gasteiger partial charge is 0.336 e. The number of carbonyl (C=O) groups excluding carboxylic acids is 1. The monoisotopic (exact) mass is 316 g/mol. The Balaban J connectivity index is 2.23. The van der Waals surface area contributed by atoms with Crippen molar-refractivity contribution in [2.75, 3.05) is 0 Å². The van der Waals surface area contributed by atoms with Gasteiger partial charge in [-0.15, -0.1) is 11.3 Å². The number of hydrogen-bond donors (Lipinski definition) is 0. The van der Waals surface area contributed by atoms with E-state index in [0.717, 1.165) is 5.69 Å². The number of nitrogens with zero attached hydrogens (tertiary/aromatic N) is 4. The van der Waals surface area contributed by atoms with Crippen molar-refractivity contribution >= 4 is 28.3 Å². The van der Waals surface area contributed by atoms with Crippen molar-refractivity contribution in [3.63, 3.8) is 0 Å². The molecule has 0 unspecified atom stereocenters. The highest BCUT2D eigenvalue weighted by molar-refractivity contribution is 7.07. The lowest BCUT2D eigenvalue weighted by Crippen LogP contribution is -2.13. The molecule has 0 atom stereocenters. The second-order valence-electron chi connectivity index (χ2n) is 5.41. The molecule has 3 heterocycles. The number of rotatable bonds is 2. The Morgan fingerprint density at radius 3 is 2.86 bits per heavy atom. The molecule has 6 nitrogen and oxygen atoms in total. The maximum Gasteiger partial charge on any atom is 0.280 e. The van der Waals surface area contributed by atoms with Gasteiger partial charge in [-0.3, -0.25) is 4.79 Å². The van der Waals surface area contributed by atoms with Crippen LogP contribution in [-0.2, 0) is 7.05 Å². The Morgan fingerprint density at radius 2 is 2.23 bits per heavy atom. The number of hydrogen-bond acceptors (Lipinski definition) is 5. The van der Waals surface area contributed by atoms with Gasteiger partial charge in [-0.25, -0.2) is 4.98 Å². The highest BCUT2D eigenvalue weighted by Gasteiger charge is 2.19. The molecule has 0 fully saturated rings. The fourth-order valence-corrected chi connectivity index (χ4v) is 2.89. The lowest BCUT2D eigenvalue weighted by molar-refractivity contribution is 0.0999. The summed E-state index contributed by atoms with van der Waals surface area (Å²) < 4.78 is 7.04. The van der Waals surface area contributed by atoms with Gasteiger partial charge >= 0.3 is 0 Å². The molecule has 3 aromatic heterocycles. The molecule has 0 aliphatic carbocycles. The molecule has 0 aromatic carbocycles. The third kappa shape index (κ3) is 2.48. The third-order valence-corrected chi connectivity index (χ3v) is 4.26. The Morgan fingerprint density at radius 1 is 1.45 bits per heavy atom. The van der Waals surface area contributed by atoms with Gasteiger partial charge in [0.2, 0.25) is 0 Å². The summed E-state index contributed by atoms with van der Waals surface area (Å²) in [6.07, 6.45) is 1.86. The van der Waals surface area contributed by atoms with E-state index in [1.54, 1.807) is 13.0 Å². The maximum absolute atomic E-state index is 12.6. The molecule has 7 heteroatoms. The van der Waals surface area contributed by atoms with Crippen LogP contribution in [0.1, 0.15) is 41.5 Å². The Hall–Kier alpha value is -2.28. The molecule has 114 valence electrons. The van der Waals surface area contributed by atoms with E-state index < -0.39 is 0 Å². The molecule has 0 spiro atoms. The van der Waals surface area contributed by atoms with Crippen LogP contribution in [0.25, 0.3) is 11.1 Å². The summed E-state index contributed by atoms with van der Waals surface area (Å²) in [5.74, 6) is -0.127. The highest BCUT2D eigenvalue weighted by Crippen LogP contribution is 2.25. The van der Waals surface area contributed by atoms with Crippen molar-refractivity contribution in [3.8, 4) is 0 Å². The second kappa shape index (κ2) is 5.49. The average molecular weight is 316 g/mol. The molecule has 0 bridgehead atoms. The SMILES string of the molecule is Cc1noc2nc(C(C)C)cc(C(=O)N=c3sccn3C)c12. The van der Waals surface area contributed by atoms with Gasteiger partial charge in [0.25, 0.3) is 11.6 Å². The molecule has 0 radical (unpaired) electrons.